The molecular weight excluding hydrogens is 1560 g/mol. The summed E-state index contributed by atoms with van der Waals surface area (Å²) in [5, 5.41) is 0. The fraction of sp³-hybridized carbons (Fsp3) is 0.779. The lowest BCUT2D eigenvalue weighted by Crippen LogP contribution is -2.29. The van der Waals surface area contributed by atoms with Gasteiger partial charge in [-0.25, -0.2) is 0 Å². The van der Waals surface area contributed by atoms with Crippen LogP contribution in [0.5, 0.6) is 0 Å². The van der Waals surface area contributed by atoms with Crippen LogP contribution in [0.4, 0.5) is 0 Å². The molecule has 0 aromatic carbocycles. The van der Waals surface area contributed by atoms with Gasteiger partial charge in [0.1, 0.15) is 86.7 Å². The average molecular weight is 1670 g/mol. The van der Waals surface area contributed by atoms with E-state index in [9.17, 15) is 119 Å². The van der Waals surface area contributed by atoms with Crippen molar-refractivity contribution in [1.29, 1.82) is 0 Å². The van der Waals surface area contributed by atoms with Gasteiger partial charge in [-0.05, 0) is 124 Å². The van der Waals surface area contributed by atoms with Crippen molar-refractivity contribution in [3.63, 3.8) is 0 Å². The smallest absolute Gasteiger partial charge is 0.267 e. The Kier molecular flexibility index (Phi) is 59.6. The van der Waals surface area contributed by atoms with Crippen LogP contribution in [-0.4, -0.2) is 179 Å². The Balaban J connectivity index is 0. The van der Waals surface area contributed by atoms with Gasteiger partial charge in [0.2, 0.25) is 0 Å². The third kappa shape index (κ3) is 66.9. The Morgan fingerprint density at radius 1 is 0.273 bits per heavy atom. The van der Waals surface area contributed by atoms with Crippen molar-refractivity contribution >= 4 is 126 Å². The molecular formula is C68H110O37P5-5. The maximum Gasteiger partial charge on any atom is 0.267 e. The Morgan fingerprint density at radius 2 is 0.464 bits per heavy atom. The molecule has 0 aliphatic carbocycles. The first-order valence-electron chi connectivity index (χ1n) is 36.1. The van der Waals surface area contributed by atoms with Crippen molar-refractivity contribution < 1.29 is 174 Å². The van der Waals surface area contributed by atoms with Crippen molar-refractivity contribution in [2.75, 3.05) is 92.5 Å². The molecule has 37 nitrogen and oxygen atoms in total. The molecule has 0 N–H and O–H groups in total. The summed E-state index contributed by atoms with van der Waals surface area (Å²) < 4.78 is 120. The molecule has 0 aromatic heterocycles. The minimum atomic E-state index is -4.92. The number of ketones is 15. The minimum absolute atomic E-state index is 0.0155. The van der Waals surface area contributed by atoms with Crippen molar-refractivity contribution in [1.82, 2.24) is 0 Å². The SMILES string of the molecule is CCOCC(CCCOP(=O)([O-])OCCC(=O)CC(=O)CCC(C)=O)(CCCOP(=O)([O-])OCCC(=O)CC(=O)CCC(C)=O)CCCOP(=O)([O-])OCCC(=O)CC(=O)CCC(C)=O.CCOCC(CCCOP(=O)([O-])OCCC(=O)CC(=O)CCC(C)=O)CCCOP(=O)([O-])OCCC(=O)CC(=O)CCC(C)=O. The van der Waals surface area contributed by atoms with Gasteiger partial charge < -0.3 is 103 Å². The predicted molar refractivity (Wildman–Crippen MR) is 378 cm³/mol. The van der Waals surface area contributed by atoms with Gasteiger partial charge in [0.15, 0.2) is 0 Å². The van der Waals surface area contributed by atoms with E-state index in [2.05, 4.69) is 9.05 Å². The molecule has 42 heteroatoms. The molecule has 5 atom stereocenters. The predicted octanol–water partition coefficient (Wildman–Crippen LogP) is 6.50. The van der Waals surface area contributed by atoms with E-state index in [-0.39, 0.29) is 177 Å². The van der Waals surface area contributed by atoms with Crippen LogP contribution in [-0.2, 0) is 149 Å². The second kappa shape index (κ2) is 61.0. The van der Waals surface area contributed by atoms with E-state index in [1.54, 1.807) is 13.8 Å². The number of ether oxygens (including phenoxy) is 2. The van der Waals surface area contributed by atoms with E-state index in [1.807, 2.05) is 0 Å². The summed E-state index contributed by atoms with van der Waals surface area (Å²) in [7, 11) is -24.1. The van der Waals surface area contributed by atoms with Crippen LogP contribution >= 0.6 is 39.1 Å². The number of hydrogen-bond donors (Lipinski definition) is 0. The molecule has 0 radical (unpaired) electrons. The first-order chi connectivity index (χ1) is 51.3. The van der Waals surface area contributed by atoms with Crippen LogP contribution in [0.15, 0.2) is 0 Å². The zero-order valence-electron chi connectivity index (χ0n) is 64.0. The number of phosphoric acid groups is 5. The molecule has 0 heterocycles. The zero-order valence-corrected chi connectivity index (χ0v) is 68.5. The minimum Gasteiger partial charge on any atom is -0.756 e. The van der Waals surface area contributed by atoms with E-state index in [0.29, 0.717) is 38.9 Å². The average Bonchev–Trinajstić information content (AvgIpc) is 0.852. The number of rotatable bonds is 76. The molecule has 0 amide bonds. The van der Waals surface area contributed by atoms with Crippen LogP contribution < -0.4 is 24.5 Å². The molecule has 0 saturated heterocycles. The summed E-state index contributed by atoms with van der Waals surface area (Å²) >= 11 is 0. The molecule has 0 spiro atoms. The van der Waals surface area contributed by atoms with Crippen molar-refractivity contribution in [2.45, 2.75) is 241 Å². The van der Waals surface area contributed by atoms with Crippen LogP contribution in [0.3, 0.4) is 0 Å². The lowest BCUT2D eigenvalue weighted by molar-refractivity contribution is -0.227. The highest BCUT2D eigenvalue weighted by Crippen LogP contribution is 2.45. The summed E-state index contributed by atoms with van der Waals surface area (Å²) in [5.74, 6) is -6.05. The summed E-state index contributed by atoms with van der Waals surface area (Å²) in [4.78, 5) is 235. The number of phosphoric ester groups is 5. The van der Waals surface area contributed by atoms with Gasteiger partial charge in [-0.3, -0.25) is 70.8 Å². The second-order valence-electron chi connectivity index (χ2n) is 25.9. The third-order valence-corrected chi connectivity index (χ3v) is 20.4. The second-order valence-corrected chi connectivity index (χ2v) is 32.9. The quantitative estimate of drug-likeness (QED) is 0.0356. The summed E-state index contributed by atoms with van der Waals surface area (Å²) in [6, 6.07) is 0. The van der Waals surface area contributed by atoms with Gasteiger partial charge in [-0.15, -0.1) is 0 Å². The van der Waals surface area contributed by atoms with E-state index in [0.717, 1.165) is 0 Å². The normalized spacial score (nSPS) is 15.0. The highest BCUT2D eigenvalue weighted by Gasteiger charge is 2.31. The van der Waals surface area contributed by atoms with E-state index in [1.165, 1.54) is 34.6 Å². The molecule has 0 bridgehead atoms. The van der Waals surface area contributed by atoms with Crippen LogP contribution in [0.25, 0.3) is 0 Å². The summed E-state index contributed by atoms with van der Waals surface area (Å²) in [6.07, 6.45) is -2.20. The van der Waals surface area contributed by atoms with Gasteiger partial charge in [0.25, 0.3) is 39.1 Å². The molecule has 0 saturated carbocycles. The number of Topliss-reactive ketones (excluding diaryl/α,β-unsaturated/α-hetero) is 15. The van der Waals surface area contributed by atoms with Crippen LogP contribution in [0, 0.1) is 11.3 Å². The zero-order chi connectivity index (χ0) is 83.8. The standard InChI is InChI=1S/C40H67O22P3.C28H48O15P2/c1-5-56-30-40(18-6-21-57-63(50,51)60-24-15-37(47)27-34(44)12-9-31(2)41,19-7-22-58-64(52,53)61-25-16-38(48)28-35(45)13-10-32(3)42)20-8-23-59-65(54,55)62-26-17-39(49)29-36(46)14-11-33(4)43;1-4-39-21-24(7-5-15-40-44(35,36)42-17-13-27(33)19-25(31)11-9-22(2)29)8-6-16-41-45(37,38)43-18-14-28(34)20-26(32)12-10-23(3)30/h5-30H2,1-4H3,(H,50,51)(H,52,53)(H,54,55);24H,4-21H2,1-3H3,(H,35,36)(H,37,38)/p-5. The topological polar surface area (TPSA) is 567 Å². The maximum absolute atomic E-state index is 12.4. The largest absolute Gasteiger partial charge is 0.756 e. The number of carbonyl (C=O) groups excluding carboxylic acids is 15. The first kappa shape index (κ1) is 108. The van der Waals surface area contributed by atoms with Crippen molar-refractivity contribution in [3.05, 3.63) is 0 Å². The van der Waals surface area contributed by atoms with Gasteiger partial charge in [0.05, 0.1) is 105 Å². The van der Waals surface area contributed by atoms with E-state index < -0.39 is 207 Å². The van der Waals surface area contributed by atoms with Gasteiger partial charge in [-0.1, -0.05) is 0 Å². The molecule has 0 aliphatic heterocycles. The molecule has 0 rings (SSSR count). The van der Waals surface area contributed by atoms with Crippen molar-refractivity contribution in [3.8, 4) is 0 Å². The van der Waals surface area contributed by atoms with E-state index in [4.69, 9.17) is 45.7 Å². The highest BCUT2D eigenvalue weighted by atomic mass is 31.2. The Hall–Kier alpha value is -4.48. The Labute approximate surface area is 642 Å². The van der Waals surface area contributed by atoms with Gasteiger partial charge >= 0.3 is 0 Å². The number of carbonyl (C=O) groups is 15. The maximum atomic E-state index is 12.4. The molecule has 110 heavy (non-hydrogen) atoms. The van der Waals surface area contributed by atoms with Crippen LogP contribution in [0.2, 0.25) is 0 Å². The van der Waals surface area contributed by atoms with Gasteiger partial charge in [-0.2, -0.15) is 0 Å². The van der Waals surface area contributed by atoms with Gasteiger partial charge in [0, 0.05) is 116 Å². The highest BCUT2D eigenvalue weighted by molar-refractivity contribution is 7.46. The lowest BCUT2D eigenvalue weighted by Gasteiger charge is -2.35. The monoisotopic (exact) mass is 1670 g/mol. The molecule has 634 valence electrons. The molecule has 0 aromatic rings. The third-order valence-electron chi connectivity index (χ3n) is 15.4. The lowest BCUT2D eigenvalue weighted by atomic mass is 9.76. The fourth-order valence-corrected chi connectivity index (χ4v) is 13.3. The Bertz CT molecular complexity index is 2920. The molecule has 0 aliphatic rings. The first-order valence-corrected chi connectivity index (χ1v) is 43.4. The van der Waals surface area contributed by atoms with Crippen molar-refractivity contribution in [2.24, 2.45) is 11.3 Å². The molecule has 0 fully saturated rings. The molecule has 5 unspecified atom stereocenters. The fourth-order valence-electron chi connectivity index (χ4n) is 9.58. The number of hydrogen-bond acceptors (Lipinski definition) is 37. The summed E-state index contributed by atoms with van der Waals surface area (Å²) in [5.41, 5.74) is -0.884. The van der Waals surface area contributed by atoms with E-state index >= 15 is 0 Å². The Morgan fingerprint density at radius 3 is 0.664 bits per heavy atom. The summed E-state index contributed by atoms with van der Waals surface area (Å²) in [6.45, 7) is 6.79. The van der Waals surface area contributed by atoms with Crippen LogP contribution in [0.1, 0.15) is 241 Å².